The van der Waals surface area contributed by atoms with Crippen molar-refractivity contribution in [3.8, 4) is 0 Å². The van der Waals surface area contributed by atoms with Gasteiger partial charge in [0.25, 0.3) is 11.8 Å². The Morgan fingerprint density at radius 1 is 1.11 bits per heavy atom. The van der Waals surface area contributed by atoms with Crippen LogP contribution in [0.2, 0.25) is 0 Å². The van der Waals surface area contributed by atoms with Crippen LogP contribution in [-0.4, -0.2) is 38.5 Å². The highest BCUT2D eigenvalue weighted by Crippen LogP contribution is 2.28. The van der Waals surface area contributed by atoms with Crippen LogP contribution in [0.25, 0.3) is 5.65 Å². The van der Waals surface area contributed by atoms with Gasteiger partial charge in [-0.2, -0.15) is 0 Å². The van der Waals surface area contributed by atoms with E-state index < -0.39 is 5.60 Å². The number of pyridine rings is 1. The summed E-state index contributed by atoms with van der Waals surface area (Å²) in [5.74, 6) is -0.581. The summed E-state index contributed by atoms with van der Waals surface area (Å²) in [6.45, 7) is 0.240. The maximum absolute atomic E-state index is 12.6. The fourth-order valence-electron chi connectivity index (χ4n) is 3.59. The van der Waals surface area contributed by atoms with Crippen molar-refractivity contribution in [1.82, 2.24) is 14.7 Å². The van der Waals surface area contributed by atoms with Gasteiger partial charge in [-0.1, -0.05) is 25.0 Å². The Kier molecular flexibility index (Phi) is 4.83. The van der Waals surface area contributed by atoms with Crippen molar-refractivity contribution >= 4 is 23.1 Å². The van der Waals surface area contributed by atoms with Crippen molar-refractivity contribution in [3.05, 3.63) is 66.1 Å². The van der Waals surface area contributed by atoms with E-state index in [1.807, 2.05) is 18.2 Å². The number of amides is 2. The Morgan fingerprint density at radius 2 is 1.93 bits per heavy atom. The summed E-state index contributed by atoms with van der Waals surface area (Å²) >= 11 is 0. The number of nitrogens with one attached hydrogen (secondary N) is 2. The van der Waals surface area contributed by atoms with Crippen LogP contribution in [-0.2, 0) is 0 Å². The molecule has 1 fully saturated rings. The summed E-state index contributed by atoms with van der Waals surface area (Å²) < 4.78 is 1.70. The molecule has 1 saturated carbocycles. The van der Waals surface area contributed by atoms with Gasteiger partial charge in [-0.15, -0.1) is 0 Å². The average Bonchev–Trinajstić information content (AvgIpc) is 3.33. The van der Waals surface area contributed by atoms with Gasteiger partial charge >= 0.3 is 0 Å². The quantitative estimate of drug-likeness (QED) is 0.636. The standard InChI is InChI=1S/C21H22N4O3/c26-19(23-14-21(28)9-2-3-10-21)15-6-5-7-16(12-15)24-20(27)17-13-22-18-8-1-4-11-25(17)18/h1,4-8,11-13,28H,2-3,9-10,14H2,(H,23,26)(H,24,27). The summed E-state index contributed by atoms with van der Waals surface area (Å²) in [7, 11) is 0. The molecule has 144 valence electrons. The molecule has 0 unspecified atom stereocenters. The minimum atomic E-state index is -0.801. The maximum atomic E-state index is 12.6. The van der Waals surface area contributed by atoms with Crippen LogP contribution >= 0.6 is 0 Å². The van der Waals surface area contributed by atoms with E-state index in [0.717, 1.165) is 12.8 Å². The van der Waals surface area contributed by atoms with Crippen LogP contribution in [0.1, 0.15) is 46.5 Å². The zero-order chi connectivity index (χ0) is 19.6. The van der Waals surface area contributed by atoms with Gasteiger partial charge in [0.15, 0.2) is 0 Å². The molecule has 2 aromatic heterocycles. The Bertz CT molecular complexity index is 1020. The number of aromatic nitrogens is 2. The van der Waals surface area contributed by atoms with E-state index in [-0.39, 0.29) is 18.4 Å². The van der Waals surface area contributed by atoms with Gasteiger partial charge in [0, 0.05) is 24.0 Å². The van der Waals surface area contributed by atoms with Gasteiger partial charge < -0.3 is 15.7 Å². The lowest BCUT2D eigenvalue weighted by molar-refractivity contribution is 0.0449. The molecular formula is C21H22N4O3. The first-order chi connectivity index (χ1) is 13.5. The molecule has 28 heavy (non-hydrogen) atoms. The summed E-state index contributed by atoms with van der Waals surface area (Å²) in [5.41, 5.74) is 1.24. The number of rotatable bonds is 5. The predicted octanol–water partition coefficient (Wildman–Crippen LogP) is 2.62. The third kappa shape index (κ3) is 3.75. The Balaban J connectivity index is 1.44. The van der Waals surface area contributed by atoms with Crippen molar-refractivity contribution in [2.45, 2.75) is 31.3 Å². The predicted molar refractivity (Wildman–Crippen MR) is 105 cm³/mol. The number of carbonyl (C=O) groups is 2. The molecule has 1 aliphatic carbocycles. The van der Waals surface area contributed by atoms with E-state index >= 15 is 0 Å². The molecule has 2 heterocycles. The van der Waals surface area contributed by atoms with Crippen molar-refractivity contribution < 1.29 is 14.7 Å². The van der Waals surface area contributed by atoms with Gasteiger partial charge in [0.05, 0.1) is 11.8 Å². The van der Waals surface area contributed by atoms with Crippen molar-refractivity contribution in [2.75, 3.05) is 11.9 Å². The van der Waals surface area contributed by atoms with Crippen molar-refractivity contribution in [3.63, 3.8) is 0 Å². The minimum Gasteiger partial charge on any atom is -0.388 e. The van der Waals surface area contributed by atoms with Crippen LogP contribution in [0.4, 0.5) is 5.69 Å². The zero-order valence-electron chi connectivity index (χ0n) is 15.4. The lowest BCUT2D eigenvalue weighted by atomic mass is 10.0. The molecule has 1 aromatic carbocycles. The Labute approximate surface area is 162 Å². The van der Waals surface area contributed by atoms with Crippen LogP contribution in [0.15, 0.2) is 54.9 Å². The van der Waals surface area contributed by atoms with E-state index in [1.54, 1.807) is 34.9 Å². The van der Waals surface area contributed by atoms with Gasteiger partial charge in [0.2, 0.25) is 0 Å². The summed E-state index contributed by atoms with van der Waals surface area (Å²) in [6.07, 6.45) is 6.68. The smallest absolute Gasteiger partial charge is 0.274 e. The van der Waals surface area contributed by atoms with E-state index in [9.17, 15) is 14.7 Å². The Morgan fingerprint density at radius 3 is 2.75 bits per heavy atom. The molecule has 3 N–H and O–H groups in total. The molecule has 0 atom stereocenters. The SMILES string of the molecule is O=C(NCC1(O)CCCC1)c1cccc(NC(=O)c2cnc3ccccn23)c1. The van der Waals surface area contributed by atoms with Crippen LogP contribution in [0.3, 0.4) is 0 Å². The molecule has 7 heteroatoms. The number of hydrogen-bond acceptors (Lipinski definition) is 4. The fourth-order valence-corrected chi connectivity index (χ4v) is 3.59. The number of nitrogens with zero attached hydrogens (tertiary/aromatic N) is 2. The first-order valence-electron chi connectivity index (χ1n) is 9.38. The van der Waals surface area contributed by atoms with Crippen molar-refractivity contribution in [1.29, 1.82) is 0 Å². The van der Waals surface area contributed by atoms with Crippen LogP contribution in [0, 0.1) is 0 Å². The Hall–Kier alpha value is -3.19. The van der Waals surface area contributed by atoms with E-state index in [0.29, 0.717) is 35.4 Å². The molecule has 0 spiro atoms. The van der Waals surface area contributed by atoms with Gasteiger partial charge in [-0.3, -0.25) is 14.0 Å². The van der Waals surface area contributed by atoms with Gasteiger partial charge in [0.1, 0.15) is 11.3 Å². The molecule has 0 saturated heterocycles. The van der Waals surface area contributed by atoms with Crippen molar-refractivity contribution in [2.24, 2.45) is 0 Å². The molecule has 2 amide bonds. The fraction of sp³-hybridized carbons (Fsp3) is 0.286. The van der Waals surface area contributed by atoms with Crippen LogP contribution < -0.4 is 10.6 Å². The first kappa shape index (κ1) is 18.2. The molecule has 1 aliphatic rings. The number of anilines is 1. The number of hydrogen-bond donors (Lipinski definition) is 3. The van der Waals surface area contributed by atoms with E-state index in [1.165, 1.54) is 6.20 Å². The van der Waals surface area contributed by atoms with Gasteiger partial charge in [-0.25, -0.2) is 4.98 Å². The second kappa shape index (κ2) is 7.44. The molecule has 0 aliphatic heterocycles. The molecule has 7 nitrogen and oxygen atoms in total. The van der Waals surface area contributed by atoms with E-state index in [2.05, 4.69) is 15.6 Å². The monoisotopic (exact) mass is 378 g/mol. The second-order valence-electron chi connectivity index (χ2n) is 7.22. The topological polar surface area (TPSA) is 95.7 Å². The molecule has 0 radical (unpaired) electrons. The largest absolute Gasteiger partial charge is 0.388 e. The van der Waals surface area contributed by atoms with Crippen LogP contribution in [0.5, 0.6) is 0 Å². The summed E-state index contributed by atoms with van der Waals surface area (Å²) in [6, 6.07) is 12.2. The molecule has 0 bridgehead atoms. The highest BCUT2D eigenvalue weighted by molar-refractivity contribution is 6.04. The lowest BCUT2D eigenvalue weighted by Gasteiger charge is -2.22. The lowest BCUT2D eigenvalue weighted by Crippen LogP contribution is -2.40. The minimum absolute atomic E-state index is 0.240. The number of carbonyl (C=O) groups excluding carboxylic acids is 2. The molecule has 4 rings (SSSR count). The third-order valence-electron chi connectivity index (χ3n) is 5.14. The summed E-state index contributed by atoms with van der Waals surface area (Å²) in [5, 5.41) is 16.0. The first-order valence-corrected chi connectivity index (χ1v) is 9.38. The van der Waals surface area contributed by atoms with E-state index in [4.69, 9.17) is 0 Å². The van der Waals surface area contributed by atoms with Gasteiger partial charge in [-0.05, 0) is 43.2 Å². The summed E-state index contributed by atoms with van der Waals surface area (Å²) in [4.78, 5) is 29.3. The maximum Gasteiger partial charge on any atom is 0.274 e. The number of imidazole rings is 1. The number of fused-ring (bicyclic) bond motifs is 1. The normalized spacial score (nSPS) is 15.5. The molecular weight excluding hydrogens is 356 g/mol. The molecule has 3 aromatic rings. The third-order valence-corrected chi connectivity index (χ3v) is 5.14. The average molecular weight is 378 g/mol. The second-order valence-corrected chi connectivity index (χ2v) is 7.22. The highest BCUT2D eigenvalue weighted by atomic mass is 16.3. The highest BCUT2D eigenvalue weighted by Gasteiger charge is 2.31. The number of aliphatic hydroxyl groups is 1. The number of benzene rings is 1. The zero-order valence-corrected chi connectivity index (χ0v) is 15.4.